The van der Waals surface area contributed by atoms with Crippen LogP contribution < -0.4 is 5.73 Å². The summed E-state index contributed by atoms with van der Waals surface area (Å²) in [6.45, 7) is 29.5. The molecular weight excluding hydrogens is 418 g/mol. The van der Waals surface area contributed by atoms with Crippen LogP contribution in [0.3, 0.4) is 0 Å². The van der Waals surface area contributed by atoms with Crippen LogP contribution in [0.25, 0.3) is 11.6 Å². The van der Waals surface area contributed by atoms with Gasteiger partial charge >= 0.3 is 0 Å². The molecule has 0 saturated carbocycles. The van der Waals surface area contributed by atoms with Gasteiger partial charge in [0.05, 0.1) is 6.42 Å². The number of aryl methyl sites for hydroxylation is 1. The molecule has 0 aliphatic heterocycles. The van der Waals surface area contributed by atoms with E-state index in [-0.39, 0.29) is 12.3 Å². The number of benzene rings is 1. The van der Waals surface area contributed by atoms with Gasteiger partial charge in [-0.3, -0.25) is 4.79 Å². The Balaban J connectivity index is -0.000000155. The number of unbranched alkanes of at least 4 members (excludes halogenated alkanes) is 2. The first kappa shape index (κ1) is 41.8. The summed E-state index contributed by atoms with van der Waals surface area (Å²) in [6, 6.07) is 6.09. The van der Waals surface area contributed by atoms with Crippen LogP contribution in [0.1, 0.15) is 124 Å². The lowest BCUT2D eigenvalue weighted by Crippen LogP contribution is -2.12. The fraction of sp³-hybridized carbons (Fsp3) is 0.548. The molecule has 1 aromatic rings. The van der Waals surface area contributed by atoms with Crippen molar-refractivity contribution in [1.82, 2.24) is 0 Å². The lowest BCUT2D eigenvalue weighted by molar-refractivity contribution is -0.117. The third-order valence-corrected chi connectivity index (χ3v) is 3.99. The van der Waals surface area contributed by atoms with Crippen molar-refractivity contribution in [3.8, 4) is 0 Å². The molecule has 0 bridgehead atoms. The molecule has 198 valence electrons. The molecule has 0 saturated heterocycles. The van der Waals surface area contributed by atoms with Gasteiger partial charge in [0.25, 0.3) is 0 Å². The zero-order valence-corrected chi connectivity index (χ0v) is 24.5. The van der Waals surface area contributed by atoms with E-state index in [1.807, 2.05) is 66.7 Å². The molecule has 3 heteroatoms. The van der Waals surface area contributed by atoms with Crippen molar-refractivity contribution < 1.29 is 9.59 Å². The molecule has 0 unspecified atom stereocenters. The first-order valence-electron chi connectivity index (χ1n) is 13.0. The summed E-state index contributed by atoms with van der Waals surface area (Å²) in [5.74, 6) is -0.288. The number of hydrogen-bond donors (Lipinski definition) is 1. The minimum absolute atomic E-state index is 0.288. The monoisotopic (exact) mass is 475 g/mol. The number of carbonyl (C=O) groups is 2. The first-order valence-corrected chi connectivity index (χ1v) is 13.0. The molecule has 0 aromatic heterocycles. The van der Waals surface area contributed by atoms with Gasteiger partial charge in [-0.05, 0) is 55.9 Å². The molecule has 0 spiro atoms. The number of primary amides is 1. The van der Waals surface area contributed by atoms with E-state index >= 15 is 0 Å². The summed E-state index contributed by atoms with van der Waals surface area (Å²) >= 11 is 0. The first-order chi connectivity index (χ1) is 16.3. The van der Waals surface area contributed by atoms with Crippen LogP contribution in [0.4, 0.5) is 0 Å². The fourth-order valence-corrected chi connectivity index (χ4v) is 2.71. The van der Waals surface area contributed by atoms with Crippen LogP contribution in [-0.4, -0.2) is 12.2 Å². The molecule has 1 rings (SSSR count). The maximum Gasteiger partial charge on any atom is 0.221 e. The SMILES string of the molecule is C=CC.C=Cc1cccc(C)c1/C(CC(N)=O)=C(/C)CCC.CC.CC.CC.CCCCC=O. The Labute approximate surface area is 213 Å². The summed E-state index contributed by atoms with van der Waals surface area (Å²) in [5, 5.41) is 0. The largest absolute Gasteiger partial charge is 0.369 e. The Hall–Kier alpha value is -2.42. The minimum Gasteiger partial charge on any atom is -0.369 e. The normalized spacial score (nSPS) is 9.03. The molecule has 0 atom stereocenters. The second-order valence-corrected chi connectivity index (χ2v) is 6.61. The quantitative estimate of drug-likeness (QED) is 0.219. The van der Waals surface area contributed by atoms with Crippen molar-refractivity contribution in [3.63, 3.8) is 0 Å². The van der Waals surface area contributed by atoms with Gasteiger partial charge < -0.3 is 10.5 Å². The average Bonchev–Trinajstić information content (AvgIpc) is 2.86. The van der Waals surface area contributed by atoms with Crippen LogP contribution in [0.5, 0.6) is 0 Å². The Kier molecular flexibility index (Phi) is 43.2. The maximum absolute atomic E-state index is 11.4. The van der Waals surface area contributed by atoms with E-state index in [2.05, 4.69) is 46.9 Å². The van der Waals surface area contributed by atoms with Crippen molar-refractivity contribution in [3.05, 3.63) is 59.7 Å². The van der Waals surface area contributed by atoms with Crippen LogP contribution in [-0.2, 0) is 9.59 Å². The van der Waals surface area contributed by atoms with Gasteiger partial charge in [0.2, 0.25) is 5.91 Å². The molecule has 1 amide bonds. The zero-order chi connectivity index (χ0) is 27.9. The summed E-state index contributed by atoms with van der Waals surface area (Å²) in [6.07, 6.45) is 9.78. The lowest BCUT2D eigenvalue weighted by Gasteiger charge is -2.16. The van der Waals surface area contributed by atoms with Crippen LogP contribution >= 0.6 is 0 Å². The molecule has 1 aromatic carbocycles. The maximum atomic E-state index is 11.4. The molecule has 0 fully saturated rings. The molecule has 0 radical (unpaired) electrons. The predicted molar refractivity (Wildman–Crippen MR) is 158 cm³/mol. The van der Waals surface area contributed by atoms with Gasteiger partial charge in [-0.1, -0.05) is 111 Å². The Morgan fingerprint density at radius 3 is 1.82 bits per heavy atom. The third-order valence-electron chi connectivity index (χ3n) is 3.99. The number of amides is 1. The van der Waals surface area contributed by atoms with E-state index in [1.54, 1.807) is 6.08 Å². The van der Waals surface area contributed by atoms with E-state index in [4.69, 9.17) is 5.73 Å². The van der Waals surface area contributed by atoms with E-state index in [0.29, 0.717) is 0 Å². The second kappa shape index (κ2) is 35.2. The highest BCUT2D eigenvalue weighted by Gasteiger charge is 2.14. The van der Waals surface area contributed by atoms with Crippen LogP contribution in [0.2, 0.25) is 0 Å². The summed E-state index contributed by atoms with van der Waals surface area (Å²) < 4.78 is 0. The number of hydrogen-bond acceptors (Lipinski definition) is 2. The van der Waals surface area contributed by atoms with Gasteiger partial charge in [0, 0.05) is 6.42 Å². The summed E-state index contributed by atoms with van der Waals surface area (Å²) in [7, 11) is 0. The fourth-order valence-electron chi connectivity index (χ4n) is 2.71. The van der Waals surface area contributed by atoms with Crippen molar-refractivity contribution in [2.45, 2.75) is 115 Å². The van der Waals surface area contributed by atoms with Gasteiger partial charge in [-0.2, -0.15) is 0 Å². The van der Waals surface area contributed by atoms with E-state index in [0.717, 1.165) is 60.7 Å². The van der Waals surface area contributed by atoms with Crippen molar-refractivity contribution in [2.24, 2.45) is 5.73 Å². The lowest BCUT2D eigenvalue weighted by atomic mass is 9.88. The molecule has 2 N–H and O–H groups in total. The average molecular weight is 476 g/mol. The molecule has 34 heavy (non-hydrogen) atoms. The van der Waals surface area contributed by atoms with Crippen LogP contribution in [0.15, 0.2) is 43.0 Å². The molecule has 0 aliphatic carbocycles. The van der Waals surface area contributed by atoms with Gasteiger partial charge in [-0.15, -0.1) is 6.58 Å². The Morgan fingerprint density at radius 1 is 1.00 bits per heavy atom. The standard InChI is InChI=1S/C17H23NO.C5H10O.C3H6.3C2H6/c1-5-8-12(3)15(11-16(18)19)17-13(4)9-7-10-14(17)6-2;1-2-3-4-5-6;1-3-2;3*1-2/h6-7,9-10H,2,5,8,11H2,1,3-4H3,(H2,18,19);5H,2-4H2,1H3;3H,1H2,2H3;3*1-2H3/b15-12-;;;;;. The van der Waals surface area contributed by atoms with Gasteiger partial charge in [0.1, 0.15) is 6.29 Å². The number of nitrogens with two attached hydrogens (primary N) is 1. The topological polar surface area (TPSA) is 60.2 Å². The summed E-state index contributed by atoms with van der Waals surface area (Å²) in [4.78, 5) is 20.9. The highest BCUT2D eigenvalue weighted by atomic mass is 16.1. The minimum atomic E-state index is -0.288. The number of rotatable bonds is 9. The number of allylic oxidation sites excluding steroid dienone is 2. The number of aldehydes is 1. The molecule has 0 heterocycles. The van der Waals surface area contributed by atoms with Crippen LogP contribution in [0, 0.1) is 6.92 Å². The molecule has 0 aliphatic rings. The molecular formula is C31H57NO2. The van der Waals surface area contributed by atoms with Crippen molar-refractivity contribution >= 4 is 23.8 Å². The summed E-state index contributed by atoms with van der Waals surface area (Å²) in [5.41, 5.74) is 11.0. The smallest absolute Gasteiger partial charge is 0.221 e. The van der Waals surface area contributed by atoms with E-state index in [9.17, 15) is 9.59 Å². The Morgan fingerprint density at radius 2 is 1.50 bits per heavy atom. The number of carbonyl (C=O) groups excluding carboxylic acids is 2. The van der Waals surface area contributed by atoms with Gasteiger partial charge in [0.15, 0.2) is 0 Å². The third kappa shape index (κ3) is 24.2. The van der Waals surface area contributed by atoms with E-state index in [1.165, 1.54) is 5.57 Å². The Bertz CT molecular complexity index is 643. The zero-order valence-electron chi connectivity index (χ0n) is 24.5. The van der Waals surface area contributed by atoms with Crippen molar-refractivity contribution in [2.75, 3.05) is 0 Å². The van der Waals surface area contributed by atoms with Crippen molar-refractivity contribution in [1.29, 1.82) is 0 Å². The highest BCUT2D eigenvalue weighted by Crippen LogP contribution is 2.30. The second-order valence-electron chi connectivity index (χ2n) is 6.61. The van der Waals surface area contributed by atoms with Gasteiger partial charge in [-0.25, -0.2) is 0 Å². The van der Waals surface area contributed by atoms with E-state index < -0.39 is 0 Å². The highest BCUT2D eigenvalue weighted by molar-refractivity contribution is 5.91. The predicted octanol–water partition coefficient (Wildman–Crippen LogP) is 9.73. The molecule has 3 nitrogen and oxygen atoms in total.